The Morgan fingerprint density at radius 1 is 1.22 bits per heavy atom. The van der Waals surface area contributed by atoms with Gasteiger partial charge in [-0.2, -0.15) is 0 Å². The van der Waals surface area contributed by atoms with Gasteiger partial charge in [-0.25, -0.2) is 8.78 Å². The number of thiophene rings is 1. The molecule has 0 aliphatic heterocycles. The zero-order chi connectivity index (χ0) is 13.3. The molecule has 1 N–H and O–H groups in total. The van der Waals surface area contributed by atoms with Gasteiger partial charge < -0.3 is 5.32 Å². The third-order valence-electron chi connectivity index (χ3n) is 2.95. The molecule has 1 aromatic heterocycles. The third kappa shape index (κ3) is 2.40. The standard InChI is InChI=1S/C14H17F2NS/c1-4-9-12(7-17-8(2)3)18-14-11(16)6-5-10(15)13(9)14/h5-6,8,17H,4,7H2,1-3H3. The van der Waals surface area contributed by atoms with Crippen molar-refractivity contribution in [3.63, 3.8) is 0 Å². The second-order valence-electron chi connectivity index (χ2n) is 4.63. The van der Waals surface area contributed by atoms with Crippen LogP contribution in [0.3, 0.4) is 0 Å². The van der Waals surface area contributed by atoms with Crippen LogP contribution in [0.1, 0.15) is 31.2 Å². The Bertz CT molecular complexity index is 560. The van der Waals surface area contributed by atoms with Crippen molar-refractivity contribution < 1.29 is 8.78 Å². The fourth-order valence-corrected chi connectivity index (χ4v) is 3.31. The number of hydrogen-bond donors (Lipinski definition) is 1. The minimum Gasteiger partial charge on any atom is -0.310 e. The van der Waals surface area contributed by atoms with Crippen LogP contribution in [0.4, 0.5) is 8.78 Å². The Hall–Kier alpha value is -1.00. The summed E-state index contributed by atoms with van der Waals surface area (Å²) < 4.78 is 28.0. The van der Waals surface area contributed by atoms with Crippen molar-refractivity contribution in [2.75, 3.05) is 0 Å². The van der Waals surface area contributed by atoms with Crippen molar-refractivity contribution in [1.82, 2.24) is 5.32 Å². The molecule has 1 heterocycles. The van der Waals surface area contributed by atoms with E-state index in [1.165, 1.54) is 23.5 Å². The zero-order valence-electron chi connectivity index (χ0n) is 10.8. The summed E-state index contributed by atoms with van der Waals surface area (Å²) in [6, 6.07) is 2.77. The quantitative estimate of drug-likeness (QED) is 0.875. The highest BCUT2D eigenvalue weighted by atomic mass is 32.1. The van der Waals surface area contributed by atoms with E-state index in [-0.39, 0.29) is 11.6 Å². The van der Waals surface area contributed by atoms with Gasteiger partial charge in [-0.3, -0.25) is 0 Å². The van der Waals surface area contributed by atoms with Crippen molar-refractivity contribution in [1.29, 1.82) is 0 Å². The molecule has 0 unspecified atom stereocenters. The van der Waals surface area contributed by atoms with Crippen LogP contribution in [0.15, 0.2) is 12.1 Å². The molecule has 0 amide bonds. The van der Waals surface area contributed by atoms with E-state index in [1.807, 2.05) is 6.92 Å². The molecule has 0 saturated heterocycles. The number of benzene rings is 1. The topological polar surface area (TPSA) is 12.0 Å². The predicted octanol–water partition coefficient (Wildman–Crippen LogP) is 4.24. The second-order valence-corrected chi connectivity index (χ2v) is 5.73. The third-order valence-corrected chi connectivity index (χ3v) is 4.19. The van der Waals surface area contributed by atoms with E-state index in [2.05, 4.69) is 19.2 Å². The van der Waals surface area contributed by atoms with E-state index >= 15 is 0 Å². The number of rotatable bonds is 4. The molecule has 1 aromatic carbocycles. The highest BCUT2D eigenvalue weighted by Gasteiger charge is 2.17. The van der Waals surface area contributed by atoms with Crippen LogP contribution in [0.25, 0.3) is 10.1 Å². The van der Waals surface area contributed by atoms with Gasteiger partial charge in [-0.05, 0) is 24.1 Å². The SMILES string of the molecule is CCc1c(CNC(C)C)sc2c(F)ccc(F)c12. The summed E-state index contributed by atoms with van der Waals surface area (Å²) in [5.41, 5.74) is 0.931. The molecule has 4 heteroatoms. The van der Waals surface area contributed by atoms with Gasteiger partial charge in [0.15, 0.2) is 0 Å². The molecule has 0 radical (unpaired) electrons. The Kier molecular flexibility index (Phi) is 3.97. The lowest BCUT2D eigenvalue weighted by atomic mass is 10.1. The molecule has 2 rings (SSSR count). The highest BCUT2D eigenvalue weighted by Crippen LogP contribution is 2.35. The van der Waals surface area contributed by atoms with Crippen LogP contribution < -0.4 is 5.32 Å². The van der Waals surface area contributed by atoms with Crippen LogP contribution in [-0.4, -0.2) is 6.04 Å². The van der Waals surface area contributed by atoms with Gasteiger partial charge in [0.05, 0.1) is 4.70 Å². The lowest BCUT2D eigenvalue weighted by molar-refractivity contribution is 0.591. The molecule has 0 atom stereocenters. The summed E-state index contributed by atoms with van der Waals surface area (Å²) in [4.78, 5) is 1.03. The van der Waals surface area contributed by atoms with Gasteiger partial charge in [0.1, 0.15) is 11.6 Å². The highest BCUT2D eigenvalue weighted by molar-refractivity contribution is 7.19. The monoisotopic (exact) mass is 269 g/mol. The summed E-state index contributed by atoms with van der Waals surface area (Å²) in [5.74, 6) is -0.655. The molecule has 0 aliphatic carbocycles. The predicted molar refractivity (Wildman–Crippen MR) is 73.1 cm³/mol. The normalized spacial score (nSPS) is 11.7. The maximum absolute atomic E-state index is 13.8. The van der Waals surface area contributed by atoms with E-state index in [9.17, 15) is 8.78 Å². The fourth-order valence-electron chi connectivity index (χ4n) is 2.05. The summed E-state index contributed by atoms with van der Waals surface area (Å²) in [7, 11) is 0. The molecule has 0 bridgehead atoms. The molecule has 1 nitrogen and oxygen atoms in total. The van der Waals surface area contributed by atoms with Gasteiger partial charge in [0.25, 0.3) is 0 Å². The van der Waals surface area contributed by atoms with Gasteiger partial charge in [-0.1, -0.05) is 20.8 Å². The van der Waals surface area contributed by atoms with Crippen molar-refractivity contribution in [3.05, 3.63) is 34.2 Å². The molecule has 18 heavy (non-hydrogen) atoms. The molecule has 98 valence electrons. The molecule has 0 saturated carbocycles. The smallest absolute Gasteiger partial charge is 0.141 e. The largest absolute Gasteiger partial charge is 0.310 e. The Balaban J connectivity index is 2.54. The zero-order valence-corrected chi connectivity index (χ0v) is 11.6. The number of nitrogens with one attached hydrogen (secondary N) is 1. The van der Waals surface area contributed by atoms with Crippen LogP contribution in [0.5, 0.6) is 0 Å². The lowest BCUT2D eigenvalue weighted by Gasteiger charge is -2.07. The first-order chi connectivity index (χ1) is 8.54. The van der Waals surface area contributed by atoms with E-state index in [0.717, 1.165) is 16.9 Å². The van der Waals surface area contributed by atoms with Crippen LogP contribution in [-0.2, 0) is 13.0 Å². The summed E-state index contributed by atoms with van der Waals surface area (Å²) in [5, 5.41) is 3.76. The van der Waals surface area contributed by atoms with Crippen molar-refractivity contribution >= 4 is 21.4 Å². The van der Waals surface area contributed by atoms with E-state index < -0.39 is 0 Å². The van der Waals surface area contributed by atoms with E-state index in [0.29, 0.717) is 22.7 Å². The van der Waals surface area contributed by atoms with E-state index in [4.69, 9.17) is 0 Å². The van der Waals surface area contributed by atoms with Gasteiger partial charge >= 0.3 is 0 Å². The first kappa shape index (κ1) is 13.4. The molecule has 2 aromatic rings. The molecular formula is C14H17F2NS. The van der Waals surface area contributed by atoms with Crippen molar-refractivity contribution in [2.45, 2.75) is 39.8 Å². The maximum atomic E-state index is 13.8. The first-order valence-corrected chi connectivity index (χ1v) is 6.97. The summed E-state index contributed by atoms with van der Waals surface area (Å²) >= 11 is 1.35. The Labute approximate surface area is 110 Å². The lowest BCUT2D eigenvalue weighted by Crippen LogP contribution is -2.21. The minimum atomic E-state index is -0.332. The average Bonchev–Trinajstić information content (AvgIpc) is 2.71. The van der Waals surface area contributed by atoms with Gasteiger partial charge in [-0.15, -0.1) is 11.3 Å². The van der Waals surface area contributed by atoms with E-state index in [1.54, 1.807) is 0 Å². The minimum absolute atomic E-state index is 0.324. The maximum Gasteiger partial charge on any atom is 0.141 e. The molecule has 0 fully saturated rings. The van der Waals surface area contributed by atoms with Gasteiger partial charge in [0, 0.05) is 22.8 Å². The summed E-state index contributed by atoms with van der Waals surface area (Å²) in [6.07, 6.45) is 0.718. The van der Waals surface area contributed by atoms with Crippen molar-refractivity contribution in [3.8, 4) is 0 Å². The number of hydrogen-bond acceptors (Lipinski definition) is 2. The molecular weight excluding hydrogens is 252 g/mol. The van der Waals surface area contributed by atoms with Crippen molar-refractivity contribution in [2.24, 2.45) is 0 Å². The molecule has 0 spiro atoms. The van der Waals surface area contributed by atoms with Crippen LogP contribution in [0, 0.1) is 11.6 Å². The second kappa shape index (κ2) is 5.33. The molecule has 0 aliphatic rings. The first-order valence-electron chi connectivity index (χ1n) is 6.16. The number of fused-ring (bicyclic) bond motifs is 1. The Morgan fingerprint density at radius 3 is 2.50 bits per heavy atom. The fraction of sp³-hybridized carbons (Fsp3) is 0.429. The van der Waals surface area contributed by atoms with Crippen LogP contribution >= 0.6 is 11.3 Å². The summed E-state index contributed by atoms with van der Waals surface area (Å²) in [6.45, 7) is 6.75. The average molecular weight is 269 g/mol. The van der Waals surface area contributed by atoms with Gasteiger partial charge in [0.2, 0.25) is 0 Å². The Morgan fingerprint density at radius 2 is 1.89 bits per heavy atom. The van der Waals surface area contributed by atoms with Crippen LogP contribution in [0.2, 0.25) is 0 Å². The number of halogens is 2. The number of aryl methyl sites for hydroxylation is 1.